The third kappa shape index (κ3) is 3.21. The summed E-state index contributed by atoms with van der Waals surface area (Å²) in [6.45, 7) is 0. The van der Waals surface area contributed by atoms with Gasteiger partial charge < -0.3 is 4.42 Å². The number of fused-ring (bicyclic) bond motifs is 6. The van der Waals surface area contributed by atoms with Gasteiger partial charge in [-0.1, -0.05) is 84.9 Å². The van der Waals surface area contributed by atoms with Crippen molar-refractivity contribution in [1.82, 2.24) is 0 Å². The summed E-state index contributed by atoms with van der Waals surface area (Å²) in [5, 5.41) is 10.2. The van der Waals surface area contributed by atoms with Crippen LogP contribution in [-0.4, -0.2) is 0 Å². The molecular weight excluding hydrogens is 376 g/mol. The van der Waals surface area contributed by atoms with E-state index in [0.29, 0.717) is 0 Å². The Hall–Kier alpha value is -4.10. The van der Waals surface area contributed by atoms with E-state index in [4.69, 9.17) is 4.42 Å². The predicted octanol–water partition coefficient (Wildman–Crippen LogP) is 8.73. The van der Waals surface area contributed by atoms with Gasteiger partial charge in [-0.2, -0.15) is 0 Å². The van der Waals surface area contributed by atoms with E-state index in [-0.39, 0.29) is 0 Å². The number of rotatable bonds is 0. The summed E-state index contributed by atoms with van der Waals surface area (Å²) in [5.41, 5.74) is 1.92. The van der Waals surface area contributed by atoms with Crippen LogP contribution in [0.2, 0.25) is 0 Å². The van der Waals surface area contributed by atoms with Crippen molar-refractivity contribution in [3.8, 4) is 0 Å². The Kier molecular flexibility index (Phi) is 4.18. The summed E-state index contributed by atoms with van der Waals surface area (Å²) in [4.78, 5) is 0. The molecule has 0 saturated carbocycles. The van der Waals surface area contributed by atoms with Crippen molar-refractivity contribution in [3.05, 3.63) is 121 Å². The van der Waals surface area contributed by atoms with Crippen LogP contribution >= 0.6 is 0 Å². The van der Waals surface area contributed by atoms with Crippen LogP contribution in [0.4, 0.5) is 0 Å². The topological polar surface area (TPSA) is 13.1 Å². The molecule has 6 aromatic carbocycles. The van der Waals surface area contributed by atoms with Crippen LogP contribution in [0.5, 0.6) is 0 Å². The third-order valence-electron chi connectivity index (χ3n) is 5.85. The molecule has 1 nitrogen and oxygen atoms in total. The molecule has 1 heterocycles. The molecule has 0 aliphatic carbocycles. The normalized spacial score (nSPS) is 11.2. The molecule has 0 fully saturated rings. The van der Waals surface area contributed by atoms with Gasteiger partial charge in [0, 0.05) is 10.8 Å². The number of hydrogen-bond acceptors (Lipinski definition) is 1. The van der Waals surface area contributed by atoms with Gasteiger partial charge in [-0.15, -0.1) is 0 Å². The lowest BCUT2D eigenvalue weighted by molar-refractivity contribution is 0.669. The molecule has 0 saturated heterocycles. The van der Waals surface area contributed by atoms with Gasteiger partial charge >= 0.3 is 0 Å². The average molecular weight is 396 g/mol. The highest BCUT2D eigenvalue weighted by molar-refractivity contribution is 6.05. The molecule has 0 amide bonds. The number of para-hydroxylation sites is 2. The fourth-order valence-electron chi connectivity index (χ4n) is 4.31. The highest BCUT2D eigenvalue weighted by Crippen LogP contribution is 2.28. The molecule has 0 bridgehead atoms. The zero-order valence-corrected chi connectivity index (χ0v) is 17.0. The summed E-state index contributed by atoms with van der Waals surface area (Å²) < 4.78 is 5.65. The molecule has 1 aromatic heterocycles. The maximum Gasteiger partial charge on any atom is 0.135 e. The molecule has 0 radical (unpaired) electrons. The SMILES string of the molecule is c1ccc2c(c1)oc1ccccc12.c1ccc2cc3cc4ccccc4cc3cc2c1. The van der Waals surface area contributed by atoms with E-state index in [2.05, 4.69) is 84.9 Å². The van der Waals surface area contributed by atoms with Gasteiger partial charge in [0.15, 0.2) is 0 Å². The van der Waals surface area contributed by atoms with Crippen LogP contribution in [0.1, 0.15) is 0 Å². The first-order chi connectivity index (χ1) is 15.3. The molecule has 0 spiro atoms. The van der Waals surface area contributed by atoms with E-state index in [0.717, 1.165) is 11.2 Å². The maximum absolute atomic E-state index is 5.65. The molecule has 146 valence electrons. The smallest absolute Gasteiger partial charge is 0.135 e. The lowest BCUT2D eigenvalue weighted by Gasteiger charge is -2.04. The zero-order chi connectivity index (χ0) is 20.6. The van der Waals surface area contributed by atoms with Crippen LogP contribution in [-0.2, 0) is 0 Å². The summed E-state index contributed by atoms with van der Waals surface area (Å²) >= 11 is 0. The average Bonchev–Trinajstić information content (AvgIpc) is 3.20. The molecule has 31 heavy (non-hydrogen) atoms. The van der Waals surface area contributed by atoms with E-state index in [9.17, 15) is 0 Å². The first kappa shape index (κ1) is 17.7. The van der Waals surface area contributed by atoms with Crippen LogP contribution in [0, 0.1) is 0 Å². The summed E-state index contributed by atoms with van der Waals surface area (Å²) in [6, 6.07) is 42.4. The van der Waals surface area contributed by atoms with Crippen molar-refractivity contribution in [2.24, 2.45) is 0 Å². The Bertz CT molecular complexity index is 1490. The van der Waals surface area contributed by atoms with E-state index in [1.165, 1.54) is 43.1 Å². The lowest BCUT2D eigenvalue weighted by Crippen LogP contribution is -1.78. The van der Waals surface area contributed by atoms with Crippen LogP contribution in [0.15, 0.2) is 126 Å². The van der Waals surface area contributed by atoms with Gasteiger partial charge in [-0.3, -0.25) is 0 Å². The zero-order valence-electron chi connectivity index (χ0n) is 17.0. The van der Waals surface area contributed by atoms with Crippen molar-refractivity contribution in [3.63, 3.8) is 0 Å². The van der Waals surface area contributed by atoms with E-state index < -0.39 is 0 Å². The standard InChI is InChI=1S/C18H12.C12H8O/c1-2-6-14-10-18-12-16-8-4-3-7-15(16)11-17(18)9-13(14)5-1;1-3-7-11-9(5-1)10-6-2-4-8-12(10)13-11/h1-12H;1-8H. The van der Waals surface area contributed by atoms with Crippen LogP contribution in [0.25, 0.3) is 54.3 Å². The summed E-state index contributed by atoms with van der Waals surface area (Å²) in [6.07, 6.45) is 0. The van der Waals surface area contributed by atoms with E-state index >= 15 is 0 Å². The second-order valence-electron chi connectivity index (χ2n) is 7.84. The lowest BCUT2D eigenvalue weighted by atomic mass is 10.00. The highest BCUT2D eigenvalue weighted by atomic mass is 16.3. The Balaban J connectivity index is 0.000000126. The molecule has 7 rings (SSSR count). The van der Waals surface area contributed by atoms with Crippen molar-refractivity contribution in [2.75, 3.05) is 0 Å². The monoisotopic (exact) mass is 396 g/mol. The first-order valence-corrected chi connectivity index (χ1v) is 10.5. The molecule has 0 atom stereocenters. The summed E-state index contributed by atoms with van der Waals surface area (Å²) in [7, 11) is 0. The van der Waals surface area contributed by atoms with Crippen LogP contribution in [0.3, 0.4) is 0 Å². The molecule has 0 aliphatic heterocycles. The largest absolute Gasteiger partial charge is 0.456 e. The van der Waals surface area contributed by atoms with Crippen LogP contribution < -0.4 is 0 Å². The van der Waals surface area contributed by atoms with Gasteiger partial charge in [0.1, 0.15) is 11.2 Å². The molecule has 0 N–H and O–H groups in total. The van der Waals surface area contributed by atoms with Gasteiger partial charge in [-0.05, 0) is 68.7 Å². The predicted molar refractivity (Wildman–Crippen MR) is 133 cm³/mol. The van der Waals surface area contributed by atoms with Crippen molar-refractivity contribution in [2.45, 2.75) is 0 Å². The second-order valence-corrected chi connectivity index (χ2v) is 7.84. The van der Waals surface area contributed by atoms with E-state index in [1.54, 1.807) is 0 Å². The number of benzene rings is 6. The Morgan fingerprint density at radius 1 is 0.323 bits per heavy atom. The first-order valence-electron chi connectivity index (χ1n) is 10.5. The molecule has 7 aromatic rings. The molecule has 0 unspecified atom stereocenters. The molecular formula is C30H20O. The van der Waals surface area contributed by atoms with Crippen molar-refractivity contribution < 1.29 is 4.42 Å². The third-order valence-corrected chi connectivity index (χ3v) is 5.85. The number of furan rings is 1. The highest BCUT2D eigenvalue weighted by Gasteiger charge is 2.03. The fraction of sp³-hybridized carbons (Fsp3) is 0. The number of hydrogen-bond donors (Lipinski definition) is 0. The summed E-state index contributed by atoms with van der Waals surface area (Å²) in [5.74, 6) is 0. The van der Waals surface area contributed by atoms with Crippen molar-refractivity contribution in [1.29, 1.82) is 0 Å². The van der Waals surface area contributed by atoms with Gasteiger partial charge in [-0.25, -0.2) is 0 Å². The quantitative estimate of drug-likeness (QED) is 0.234. The minimum atomic E-state index is 0.962. The minimum Gasteiger partial charge on any atom is -0.456 e. The maximum atomic E-state index is 5.65. The minimum absolute atomic E-state index is 0.962. The second kappa shape index (κ2) is 7.30. The molecule has 1 heteroatoms. The van der Waals surface area contributed by atoms with Gasteiger partial charge in [0.2, 0.25) is 0 Å². The Labute approximate surface area is 180 Å². The van der Waals surface area contributed by atoms with Gasteiger partial charge in [0.25, 0.3) is 0 Å². The van der Waals surface area contributed by atoms with Gasteiger partial charge in [0.05, 0.1) is 0 Å². The Morgan fingerprint density at radius 2 is 0.645 bits per heavy atom. The van der Waals surface area contributed by atoms with Crippen molar-refractivity contribution >= 4 is 54.3 Å². The van der Waals surface area contributed by atoms with E-state index in [1.807, 2.05) is 36.4 Å². The Morgan fingerprint density at radius 3 is 1.03 bits per heavy atom. The molecule has 0 aliphatic rings. The fourth-order valence-corrected chi connectivity index (χ4v) is 4.31.